The van der Waals surface area contributed by atoms with Gasteiger partial charge in [-0.2, -0.15) is 0 Å². The molecule has 0 saturated heterocycles. The minimum atomic E-state index is -0.132. The standard InChI is InChI=1S/C20H27N5O2/c1-3-21-20(24-12-10-17-8-4-5-11-22-17)25-14-13-23-19(26)16-7-6-9-18(15-16)27-2/h4-9,11,15H,3,10,12-14H2,1-2H3,(H,23,26)(H2,21,24,25). The van der Waals surface area contributed by atoms with E-state index in [1.165, 1.54) is 0 Å². The zero-order valence-electron chi connectivity index (χ0n) is 15.9. The van der Waals surface area contributed by atoms with Gasteiger partial charge in [0.2, 0.25) is 0 Å². The van der Waals surface area contributed by atoms with E-state index in [4.69, 9.17) is 4.74 Å². The topological polar surface area (TPSA) is 87.6 Å². The summed E-state index contributed by atoms with van der Waals surface area (Å²) in [5, 5.41) is 9.29. The van der Waals surface area contributed by atoms with Crippen LogP contribution >= 0.6 is 0 Å². The maximum Gasteiger partial charge on any atom is 0.251 e. The molecule has 0 unspecified atom stereocenters. The normalized spacial score (nSPS) is 11.0. The Morgan fingerprint density at radius 2 is 1.96 bits per heavy atom. The Labute approximate surface area is 160 Å². The number of rotatable bonds is 9. The summed E-state index contributed by atoms with van der Waals surface area (Å²) in [6.07, 6.45) is 2.57. The maximum atomic E-state index is 12.2. The second-order valence-electron chi connectivity index (χ2n) is 5.75. The van der Waals surface area contributed by atoms with Gasteiger partial charge in [0.15, 0.2) is 5.96 Å². The highest BCUT2D eigenvalue weighted by molar-refractivity contribution is 5.94. The molecule has 1 amide bonds. The minimum absolute atomic E-state index is 0.132. The molecular weight excluding hydrogens is 342 g/mol. The van der Waals surface area contributed by atoms with Gasteiger partial charge in [0.05, 0.1) is 7.11 Å². The van der Waals surface area contributed by atoms with Crippen LogP contribution < -0.4 is 20.7 Å². The summed E-state index contributed by atoms with van der Waals surface area (Å²) in [4.78, 5) is 21.0. The highest BCUT2D eigenvalue weighted by Crippen LogP contribution is 2.12. The fourth-order valence-electron chi connectivity index (χ4n) is 2.39. The van der Waals surface area contributed by atoms with Gasteiger partial charge in [-0.05, 0) is 37.3 Å². The fourth-order valence-corrected chi connectivity index (χ4v) is 2.39. The van der Waals surface area contributed by atoms with Crippen molar-refractivity contribution < 1.29 is 9.53 Å². The van der Waals surface area contributed by atoms with E-state index in [0.29, 0.717) is 30.9 Å². The van der Waals surface area contributed by atoms with E-state index in [-0.39, 0.29) is 5.91 Å². The molecule has 0 aliphatic rings. The van der Waals surface area contributed by atoms with Crippen LogP contribution in [-0.2, 0) is 6.42 Å². The lowest BCUT2D eigenvalue weighted by molar-refractivity contribution is 0.0954. The van der Waals surface area contributed by atoms with Crippen molar-refractivity contribution in [2.24, 2.45) is 4.99 Å². The molecule has 0 saturated carbocycles. The third-order valence-electron chi connectivity index (χ3n) is 3.74. The number of carbonyl (C=O) groups excluding carboxylic acids is 1. The van der Waals surface area contributed by atoms with Gasteiger partial charge in [0.25, 0.3) is 5.91 Å². The third-order valence-corrected chi connectivity index (χ3v) is 3.74. The van der Waals surface area contributed by atoms with E-state index < -0.39 is 0 Å². The molecule has 7 nitrogen and oxygen atoms in total. The molecule has 0 spiro atoms. The Morgan fingerprint density at radius 1 is 1.11 bits per heavy atom. The van der Waals surface area contributed by atoms with E-state index in [1.54, 1.807) is 31.5 Å². The predicted molar refractivity (Wildman–Crippen MR) is 107 cm³/mol. The number of aromatic nitrogens is 1. The van der Waals surface area contributed by atoms with Crippen molar-refractivity contribution >= 4 is 11.9 Å². The lowest BCUT2D eigenvalue weighted by atomic mass is 10.2. The smallest absolute Gasteiger partial charge is 0.251 e. The molecule has 27 heavy (non-hydrogen) atoms. The van der Waals surface area contributed by atoms with E-state index in [2.05, 4.69) is 25.9 Å². The van der Waals surface area contributed by atoms with Crippen molar-refractivity contribution in [3.05, 3.63) is 59.9 Å². The van der Waals surface area contributed by atoms with Crippen molar-refractivity contribution in [3.63, 3.8) is 0 Å². The number of guanidine groups is 1. The van der Waals surface area contributed by atoms with Gasteiger partial charge in [-0.25, -0.2) is 0 Å². The van der Waals surface area contributed by atoms with Crippen molar-refractivity contribution in [2.75, 3.05) is 33.3 Å². The number of hydrogen-bond donors (Lipinski definition) is 3. The highest BCUT2D eigenvalue weighted by Gasteiger charge is 2.06. The molecule has 2 aromatic rings. The Bertz CT molecular complexity index is 734. The first-order valence-corrected chi connectivity index (χ1v) is 9.07. The third kappa shape index (κ3) is 7.35. The van der Waals surface area contributed by atoms with Crippen LogP contribution in [0.3, 0.4) is 0 Å². The Morgan fingerprint density at radius 3 is 2.70 bits per heavy atom. The molecule has 144 valence electrons. The summed E-state index contributed by atoms with van der Waals surface area (Å²) < 4.78 is 5.14. The first-order chi connectivity index (χ1) is 13.2. The molecule has 1 heterocycles. The number of methoxy groups -OCH3 is 1. The Hall–Kier alpha value is -3.09. The zero-order chi connectivity index (χ0) is 19.3. The van der Waals surface area contributed by atoms with Gasteiger partial charge in [-0.15, -0.1) is 0 Å². The molecule has 0 bridgehead atoms. The lowest BCUT2D eigenvalue weighted by Crippen LogP contribution is -2.41. The van der Waals surface area contributed by atoms with Crippen LogP contribution in [-0.4, -0.2) is 50.1 Å². The van der Waals surface area contributed by atoms with Crippen LogP contribution in [0.25, 0.3) is 0 Å². The quantitative estimate of drug-likeness (QED) is 0.355. The van der Waals surface area contributed by atoms with Gasteiger partial charge in [-0.1, -0.05) is 12.1 Å². The number of nitrogens with zero attached hydrogens (tertiary/aromatic N) is 2. The second-order valence-corrected chi connectivity index (χ2v) is 5.75. The van der Waals surface area contributed by atoms with Crippen LogP contribution in [0, 0.1) is 0 Å². The van der Waals surface area contributed by atoms with E-state index in [0.717, 1.165) is 24.6 Å². The van der Waals surface area contributed by atoms with Gasteiger partial charge >= 0.3 is 0 Å². The van der Waals surface area contributed by atoms with Gasteiger partial charge in [-0.3, -0.25) is 14.8 Å². The average Bonchev–Trinajstić information content (AvgIpc) is 2.71. The molecule has 1 aromatic heterocycles. The fraction of sp³-hybridized carbons (Fsp3) is 0.350. The van der Waals surface area contributed by atoms with Crippen LogP contribution in [0.1, 0.15) is 23.0 Å². The van der Waals surface area contributed by atoms with E-state index >= 15 is 0 Å². The molecular formula is C20H27N5O2. The summed E-state index contributed by atoms with van der Waals surface area (Å²) in [6.45, 7) is 4.49. The molecule has 0 aliphatic carbocycles. The number of ether oxygens (including phenoxy) is 1. The zero-order valence-corrected chi connectivity index (χ0v) is 15.9. The molecule has 0 fully saturated rings. The summed E-state index contributed by atoms with van der Waals surface area (Å²) in [7, 11) is 1.58. The number of nitrogens with one attached hydrogen (secondary N) is 3. The monoisotopic (exact) mass is 369 g/mol. The minimum Gasteiger partial charge on any atom is -0.497 e. The van der Waals surface area contributed by atoms with Crippen molar-refractivity contribution in [1.29, 1.82) is 0 Å². The van der Waals surface area contributed by atoms with Crippen LogP contribution in [0.5, 0.6) is 5.75 Å². The van der Waals surface area contributed by atoms with Crippen LogP contribution in [0.15, 0.2) is 53.7 Å². The van der Waals surface area contributed by atoms with E-state index in [9.17, 15) is 4.79 Å². The van der Waals surface area contributed by atoms with Crippen molar-refractivity contribution in [3.8, 4) is 5.75 Å². The molecule has 0 aliphatic heterocycles. The van der Waals surface area contributed by atoms with Crippen LogP contribution in [0.2, 0.25) is 0 Å². The summed E-state index contributed by atoms with van der Waals surface area (Å²) in [5.74, 6) is 1.26. The Kier molecular flexibility index (Phi) is 8.62. The summed E-state index contributed by atoms with van der Waals surface area (Å²) in [6, 6.07) is 12.9. The van der Waals surface area contributed by atoms with Crippen molar-refractivity contribution in [2.45, 2.75) is 13.3 Å². The number of amides is 1. The van der Waals surface area contributed by atoms with Gasteiger partial charge < -0.3 is 20.7 Å². The van der Waals surface area contributed by atoms with Gasteiger partial charge in [0, 0.05) is 50.1 Å². The average molecular weight is 369 g/mol. The largest absolute Gasteiger partial charge is 0.497 e. The van der Waals surface area contributed by atoms with Crippen molar-refractivity contribution in [1.82, 2.24) is 20.9 Å². The van der Waals surface area contributed by atoms with Gasteiger partial charge in [0.1, 0.15) is 5.75 Å². The Balaban J connectivity index is 1.74. The number of benzene rings is 1. The maximum absolute atomic E-state index is 12.2. The number of hydrogen-bond acceptors (Lipinski definition) is 4. The molecule has 0 atom stereocenters. The molecule has 7 heteroatoms. The number of carbonyl (C=O) groups is 1. The SMILES string of the molecule is CCNC(=NCCc1ccccn1)NCCNC(=O)c1cccc(OC)c1. The molecule has 2 rings (SSSR count). The number of pyridine rings is 1. The summed E-state index contributed by atoms with van der Waals surface area (Å²) >= 11 is 0. The lowest BCUT2D eigenvalue weighted by Gasteiger charge is -2.12. The molecule has 1 aromatic carbocycles. The number of aliphatic imine (C=N–C) groups is 1. The molecule has 3 N–H and O–H groups in total. The van der Waals surface area contributed by atoms with Crippen LogP contribution in [0.4, 0.5) is 0 Å². The first kappa shape index (κ1) is 20.2. The molecule has 0 radical (unpaired) electrons. The van der Waals surface area contributed by atoms with E-state index in [1.807, 2.05) is 31.2 Å². The highest BCUT2D eigenvalue weighted by atomic mass is 16.5. The summed E-state index contributed by atoms with van der Waals surface area (Å²) in [5.41, 5.74) is 1.59. The second kappa shape index (κ2) is 11.5. The predicted octanol–water partition coefficient (Wildman–Crippen LogP) is 1.62. The first-order valence-electron chi connectivity index (χ1n) is 9.07.